The fraction of sp³-hybridized carbons (Fsp3) is 0.474. The quantitative estimate of drug-likeness (QED) is 0.728. The summed E-state index contributed by atoms with van der Waals surface area (Å²) in [5.74, 6) is 0.269. The largest absolute Gasteiger partial charge is 0.444 e. The number of nitrogens with zero attached hydrogens (tertiary/aromatic N) is 2. The van der Waals surface area contributed by atoms with Crippen molar-refractivity contribution in [1.29, 1.82) is 5.26 Å². The molecule has 1 rings (SSSR count). The molecule has 1 unspecified atom stereocenters. The van der Waals surface area contributed by atoms with Crippen molar-refractivity contribution in [1.82, 2.24) is 4.90 Å². The number of ether oxygens (including phenoxy) is 1. The highest BCUT2D eigenvalue weighted by molar-refractivity contribution is 5.67. The summed E-state index contributed by atoms with van der Waals surface area (Å²) >= 11 is 0. The molecule has 23 heavy (non-hydrogen) atoms. The van der Waals surface area contributed by atoms with Crippen LogP contribution in [0.25, 0.3) is 0 Å². The first kappa shape index (κ1) is 18.8. The number of allylic oxidation sites excluding steroid dienone is 1. The molecule has 4 heteroatoms. The second-order valence-corrected chi connectivity index (χ2v) is 6.65. The van der Waals surface area contributed by atoms with Crippen molar-refractivity contribution in [3.63, 3.8) is 0 Å². The number of carbonyl (C=O) groups excluding carboxylic acids is 1. The molecule has 1 aromatic carbocycles. The number of nitriles is 1. The van der Waals surface area contributed by atoms with Gasteiger partial charge in [-0.05, 0) is 57.2 Å². The first-order valence-corrected chi connectivity index (χ1v) is 7.82. The molecule has 0 radical (unpaired) electrons. The van der Waals surface area contributed by atoms with Gasteiger partial charge >= 0.3 is 6.09 Å². The molecular formula is C19H26N2O2. The molecule has 0 N–H and O–H groups in total. The summed E-state index contributed by atoms with van der Waals surface area (Å²) in [6.45, 7) is 9.99. The standard InChI is InChI=1S/C19H26N2O2/c1-6-7-16(17-10-8-15(14-20)9-11-17)12-13-21(5)18(22)23-19(2,3)4/h6,8-11,16H,1,7,12-13H2,2-5H3. The fourth-order valence-corrected chi connectivity index (χ4v) is 2.23. The maximum absolute atomic E-state index is 12.0. The number of hydrogen-bond donors (Lipinski definition) is 0. The van der Waals surface area contributed by atoms with E-state index in [1.807, 2.05) is 51.1 Å². The maximum atomic E-state index is 12.0. The molecule has 0 heterocycles. The van der Waals surface area contributed by atoms with E-state index in [1.54, 1.807) is 11.9 Å². The third kappa shape index (κ3) is 6.56. The van der Waals surface area contributed by atoms with E-state index in [9.17, 15) is 4.79 Å². The molecule has 0 fully saturated rings. The van der Waals surface area contributed by atoms with Crippen molar-refractivity contribution in [3.05, 3.63) is 48.0 Å². The van der Waals surface area contributed by atoms with E-state index in [4.69, 9.17) is 10.00 Å². The molecule has 0 aliphatic heterocycles. The molecule has 0 saturated carbocycles. The first-order valence-electron chi connectivity index (χ1n) is 7.82. The van der Waals surface area contributed by atoms with E-state index in [0.717, 1.165) is 18.4 Å². The molecule has 1 aromatic rings. The molecule has 124 valence electrons. The van der Waals surface area contributed by atoms with Crippen LogP contribution in [0.1, 0.15) is 50.7 Å². The highest BCUT2D eigenvalue weighted by Crippen LogP contribution is 2.24. The van der Waals surface area contributed by atoms with Crippen molar-refractivity contribution in [2.75, 3.05) is 13.6 Å². The molecule has 0 aliphatic rings. The van der Waals surface area contributed by atoms with E-state index in [2.05, 4.69) is 12.6 Å². The summed E-state index contributed by atoms with van der Waals surface area (Å²) < 4.78 is 5.36. The predicted molar refractivity (Wildman–Crippen MR) is 92.2 cm³/mol. The van der Waals surface area contributed by atoms with Gasteiger partial charge in [0.15, 0.2) is 0 Å². The highest BCUT2D eigenvalue weighted by Gasteiger charge is 2.20. The van der Waals surface area contributed by atoms with Crippen molar-refractivity contribution in [2.45, 2.75) is 45.1 Å². The third-order valence-electron chi connectivity index (χ3n) is 3.48. The molecule has 4 nitrogen and oxygen atoms in total. The smallest absolute Gasteiger partial charge is 0.410 e. The minimum Gasteiger partial charge on any atom is -0.444 e. The molecule has 0 aromatic heterocycles. The molecule has 1 amide bonds. The van der Waals surface area contributed by atoms with Crippen molar-refractivity contribution < 1.29 is 9.53 Å². The summed E-state index contributed by atoms with van der Waals surface area (Å²) in [7, 11) is 1.75. The van der Waals surface area contributed by atoms with Crippen LogP contribution < -0.4 is 0 Å². The lowest BCUT2D eigenvalue weighted by Gasteiger charge is -2.26. The Kier molecular flexibility index (Phi) is 6.84. The van der Waals surface area contributed by atoms with Crippen LogP contribution in [0.2, 0.25) is 0 Å². The molecule has 0 aliphatic carbocycles. The zero-order chi connectivity index (χ0) is 17.5. The van der Waals surface area contributed by atoms with Gasteiger partial charge in [-0.1, -0.05) is 18.2 Å². The van der Waals surface area contributed by atoms with Crippen LogP contribution in [-0.2, 0) is 4.74 Å². The Bertz CT molecular complexity index is 565. The summed E-state index contributed by atoms with van der Waals surface area (Å²) in [5, 5.41) is 8.88. The Morgan fingerprint density at radius 3 is 2.48 bits per heavy atom. The van der Waals surface area contributed by atoms with Crippen LogP contribution in [0.5, 0.6) is 0 Å². The fourth-order valence-electron chi connectivity index (χ4n) is 2.23. The van der Waals surface area contributed by atoms with Gasteiger partial charge < -0.3 is 9.64 Å². The zero-order valence-electron chi connectivity index (χ0n) is 14.5. The van der Waals surface area contributed by atoms with Gasteiger partial charge in [0.25, 0.3) is 0 Å². The van der Waals surface area contributed by atoms with E-state index >= 15 is 0 Å². The van der Waals surface area contributed by atoms with Gasteiger partial charge in [0.05, 0.1) is 11.6 Å². The summed E-state index contributed by atoms with van der Waals surface area (Å²) in [5.41, 5.74) is 1.32. The average Bonchev–Trinajstić information content (AvgIpc) is 2.49. The lowest BCUT2D eigenvalue weighted by Crippen LogP contribution is -2.35. The minimum absolute atomic E-state index is 0.269. The summed E-state index contributed by atoms with van der Waals surface area (Å²) in [6, 6.07) is 9.71. The second-order valence-electron chi connectivity index (χ2n) is 6.65. The number of hydrogen-bond acceptors (Lipinski definition) is 3. The SMILES string of the molecule is C=CCC(CCN(C)C(=O)OC(C)(C)C)c1ccc(C#N)cc1. The van der Waals surface area contributed by atoms with Crippen LogP contribution in [0.15, 0.2) is 36.9 Å². The summed E-state index contributed by atoms with van der Waals surface area (Å²) in [6.07, 6.45) is 3.22. The van der Waals surface area contributed by atoms with Gasteiger partial charge in [0, 0.05) is 13.6 Å². The van der Waals surface area contributed by atoms with E-state index in [-0.39, 0.29) is 12.0 Å². The molecule has 0 bridgehead atoms. The van der Waals surface area contributed by atoms with Crippen LogP contribution in [0.3, 0.4) is 0 Å². The van der Waals surface area contributed by atoms with E-state index in [0.29, 0.717) is 12.1 Å². The van der Waals surface area contributed by atoms with Gasteiger partial charge in [0.1, 0.15) is 5.60 Å². The Labute approximate surface area is 139 Å². The number of rotatable bonds is 6. The Hall–Kier alpha value is -2.28. The molecule has 0 spiro atoms. The third-order valence-corrected chi connectivity index (χ3v) is 3.48. The van der Waals surface area contributed by atoms with Crippen molar-refractivity contribution in [3.8, 4) is 6.07 Å². The van der Waals surface area contributed by atoms with Gasteiger partial charge in [-0.2, -0.15) is 5.26 Å². The van der Waals surface area contributed by atoms with Gasteiger partial charge in [-0.15, -0.1) is 6.58 Å². The lowest BCUT2D eigenvalue weighted by atomic mass is 9.92. The maximum Gasteiger partial charge on any atom is 0.410 e. The lowest BCUT2D eigenvalue weighted by molar-refractivity contribution is 0.0294. The van der Waals surface area contributed by atoms with Gasteiger partial charge in [0.2, 0.25) is 0 Å². The molecular weight excluding hydrogens is 288 g/mol. The number of benzene rings is 1. The van der Waals surface area contributed by atoms with Gasteiger partial charge in [-0.3, -0.25) is 0 Å². The van der Waals surface area contributed by atoms with Crippen LogP contribution in [0.4, 0.5) is 4.79 Å². The molecule has 0 saturated heterocycles. The van der Waals surface area contributed by atoms with Crippen LogP contribution in [0, 0.1) is 11.3 Å². The van der Waals surface area contributed by atoms with Crippen LogP contribution in [-0.4, -0.2) is 30.2 Å². The normalized spacial score (nSPS) is 12.1. The monoisotopic (exact) mass is 314 g/mol. The molecule has 1 atom stereocenters. The Morgan fingerprint density at radius 2 is 2.00 bits per heavy atom. The topological polar surface area (TPSA) is 53.3 Å². The highest BCUT2D eigenvalue weighted by atomic mass is 16.6. The second kappa shape index (κ2) is 8.38. The first-order chi connectivity index (χ1) is 10.8. The van der Waals surface area contributed by atoms with E-state index in [1.165, 1.54) is 0 Å². The van der Waals surface area contributed by atoms with E-state index < -0.39 is 5.60 Å². The number of amides is 1. The van der Waals surface area contributed by atoms with Crippen molar-refractivity contribution in [2.24, 2.45) is 0 Å². The Morgan fingerprint density at radius 1 is 1.39 bits per heavy atom. The number of carbonyl (C=O) groups is 1. The Balaban J connectivity index is 2.67. The van der Waals surface area contributed by atoms with Gasteiger partial charge in [-0.25, -0.2) is 4.79 Å². The van der Waals surface area contributed by atoms with Crippen molar-refractivity contribution >= 4 is 6.09 Å². The van der Waals surface area contributed by atoms with Crippen LogP contribution >= 0.6 is 0 Å². The zero-order valence-corrected chi connectivity index (χ0v) is 14.5. The average molecular weight is 314 g/mol. The minimum atomic E-state index is -0.487. The predicted octanol–water partition coefficient (Wildman–Crippen LogP) is 4.47. The summed E-state index contributed by atoms with van der Waals surface area (Å²) in [4.78, 5) is 13.6.